The minimum Gasteiger partial charge on any atom is -0.349 e. The number of nitrogens with one attached hydrogen (secondary N) is 1. The zero-order valence-electron chi connectivity index (χ0n) is 14.1. The molecule has 1 aromatic carbocycles. The van der Waals surface area contributed by atoms with Crippen LogP contribution in [0.25, 0.3) is 5.69 Å². The lowest BCUT2D eigenvalue weighted by Crippen LogP contribution is -2.21. The van der Waals surface area contributed by atoms with Gasteiger partial charge in [-0.3, -0.25) is 9.36 Å². The molecule has 0 atom stereocenters. The van der Waals surface area contributed by atoms with Crippen LogP contribution < -0.4 is 5.32 Å². The summed E-state index contributed by atoms with van der Waals surface area (Å²) in [6.07, 6.45) is -3.66. The number of rotatable bonds is 5. The van der Waals surface area contributed by atoms with Crippen molar-refractivity contribution >= 4 is 17.7 Å². The molecule has 0 aliphatic carbocycles. The molecule has 0 saturated carbocycles. The van der Waals surface area contributed by atoms with Gasteiger partial charge in [-0.05, 0) is 36.0 Å². The quantitative estimate of drug-likeness (QED) is 0.719. The van der Waals surface area contributed by atoms with Crippen LogP contribution in [0.4, 0.5) is 13.2 Å². The Morgan fingerprint density at radius 1 is 1.15 bits per heavy atom. The minimum absolute atomic E-state index is 0.165. The van der Waals surface area contributed by atoms with Crippen molar-refractivity contribution in [2.45, 2.75) is 29.8 Å². The number of alkyl halides is 3. The fourth-order valence-corrected chi connectivity index (χ4v) is 3.04. The first-order chi connectivity index (χ1) is 12.8. The summed E-state index contributed by atoms with van der Waals surface area (Å²) in [6.45, 7) is 1.56. The summed E-state index contributed by atoms with van der Waals surface area (Å²) in [6, 6.07) is 11.5. The third-order valence-electron chi connectivity index (χ3n) is 3.47. The number of hydrogen-bond donors (Lipinski definition) is 1. The summed E-state index contributed by atoms with van der Waals surface area (Å²) in [5.74, 6) is 0.280. The topological polar surface area (TPSA) is 72.7 Å². The number of halogens is 3. The van der Waals surface area contributed by atoms with Crippen LogP contribution in [0.2, 0.25) is 0 Å². The van der Waals surface area contributed by atoms with Crippen LogP contribution in [0.1, 0.15) is 18.3 Å². The minimum atomic E-state index is -4.44. The first-order valence-electron chi connectivity index (χ1n) is 7.80. The second-order valence-electron chi connectivity index (χ2n) is 5.46. The maximum Gasteiger partial charge on any atom is 0.417 e. The smallest absolute Gasteiger partial charge is 0.349 e. The second kappa shape index (κ2) is 7.78. The highest BCUT2D eigenvalue weighted by Crippen LogP contribution is 2.32. The van der Waals surface area contributed by atoms with Crippen LogP contribution in [0.5, 0.6) is 0 Å². The monoisotopic (exact) mass is 393 g/mol. The van der Waals surface area contributed by atoms with Gasteiger partial charge in [-0.1, -0.05) is 18.2 Å². The fraction of sp³-hybridized carbons (Fsp3) is 0.176. The van der Waals surface area contributed by atoms with E-state index in [-0.39, 0.29) is 12.5 Å². The Kier molecular flexibility index (Phi) is 5.45. The number of pyridine rings is 1. The van der Waals surface area contributed by atoms with Crippen molar-refractivity contribution in [3.05, 3.63) is 60.0 Å². The number of benzene rings is 1. The Morgan fingerprint density at radius 2 is 1.89 bits per heavy atom. The van der Waals surface area contributed by atoms with Crippen LogP contribution in [-0.2, 0) is 17.5 Å². The predicted molar refractivity (Wildman–Crippen MR) is 92.2 cm³/mol. The van der Waals surface area contributed by atoms with Crippen LogP contribution in [0.3, 0.4) is 0 Å². The number of nitrogens with zero attached hydrogens (tertiary/aromatic N) is 4. The van der Waals surface area contributed by atoms with E-state index in [9.17, 15) is 18.0 Å². The molecule has 1 amide bonds. The second-order valence-corrected chi connectivity index (χ2v) is 6.45. The van der Waals surface area contributed by atoms with Gasteiger partial charge in [0.2, 0.25) is 11.1 Å². The molecule has 140 valence electrons. The molecule has 0 aliphatic heterocycles. The Bertz CT molecular complexity index is 926. The van der Waals surface area contributed by atoms with Gasteiger partial charge >= 0.3 is 6.18 Å². The summed E-state index contributed by atoms with van der Waals surface area (Å²) < 4.78 is 39.8. The molecular weight excluding hydrogens is 379 g/mol. The Hall–Kier alpha value is -2.88. The van der Waals surface area contributed by atoms with Gasteiger partial charge in [-0.15, -0.1) is 10.2 Å². The normalized spacial score (nSPS) is 11.4. The van der Waals surface area contributed by atoms with E-state index in [1.807, 2.05) is 30.3 Å². The molecule has 0 radical (unpaired) electrons. The largest absolute Gasteiger partial charge is 0.417 e. The molecule has 6 nitrogen and oxygen atoms in total. The van der Waals surface area contributed by atoms with Gasteiger partial charge in [0.1, 0.15) is 5.03 Å². The summed E-state index contributed by atoms with van der Waals surface area (Å²) in [5.41, 5.74) is -0.0556. The predicted octanol–water partition coefficient (Wildman–Crippen LogP) is 3.47. The SMILES string of the molecule is CC(=O)NCc1nnc(Sc2ccc(C(F)(F)F)cn2)n1-c1ccccc1. The number of amides is 1. The van der Waals surface area contributed by atoms with E-state index < -0.39 is 11.7 Å². The Labute approximate surface area is 156 Å². The van der Waals surface area contributed by atoms with E-state index in [1.165, 1.54) is 13.0 Å². The Morgan fingerprint density at radius 3 is 2.48 bits per heavy atom. The number of aromatic nitrogens is 4. The molecule has 0 bridgehead atoms. The molecule has 3 rings (SSSR count). The third kappa shape index (κ3) is 4.64. The molecule has 0 spiro atoms. The van der Waals surface area contributed by atoms with Gasteiger partial charge in [0.05, 0.1) is 12.1 Å². The Balaban J connectivity index is 1.92. The number of carbonyl (C=O) groups is 1. The van der Waals surface area contributed by atoms with Crippen LogP contribution >= 0.6 is 11.8 Å². The maximum absolute atomic E-state index is 12.7. The zero-order valence-corrected chi connectivity index (χ0v) is 14.9. The maximum atomic E-state index is 12.7. The van der Waals surface area contributed by atoms with E-state index >= 15 is 0 Å². The van der Waals surface area contributed by atoms with Crippen molar-refractivity contribution < 1.29 is 18.0 Å². The van der Waals surface area contributed by atoms with Crippen molar-refractivity contribution in [1.29, 1.82) is 0 Å². The molecule has 0 saturated heterocycles. The molecular formula is C17H14F3N5OS. The molecule has 3 aromatic rings. The molecule has 1 N–H and O–H groups in total. The molecule has 0 aliphatic rings. The van der Waals surface area contributed by atoms with Gasteiger partial charge in [0.15, 0.2) is 5.82 Å². The molecule has 0 unspecified atom stereocenters. The molecule has 2 heterocycles. The van der Waals surface area contributed by atoms with E-state index in [4.69, 9.17) is 0 Å². The van der Waals surface area contributed by atoms with E-state index in [0.29, 0.717) is 16.0 Å². The summed E-state index contributed by atoms with van der Waals surface area (Å²) >= 11 is 1.08. The fourth-order valence-electron chi connectivity index (χ4n) is 2.22. The zero-order chi connectivity index (χ0) is 19.4. The van der Waals surface area contributed by atoms with Crippen LogP contribution in [-0.4, -0.2) is 25.7 Å². The van der Waals surface area contributed by atoms with Crippen molar-refractivity contribution in [3.63, 3.8) is 0 Å². The van der Waals surface area contributed by atoms with Gasteiger partial charge in [-0.25, -0.2) is 4.98 Å². The average molecular weight is 393 g/mol. The van der Waals surface area contributed by atoms with E-state index in [2.05, 4.69) is 20.5 Å². The highest BCUT2D eigenvalue weighted by atomic mass is 32.2. The number of para-hydroxylation sites is 1. The van der Waals surface area contributed by atoms with Crippen molar-refractivity contribution in [3.8, 4) is 5.69 Å². The van der Waals surface area contributed by atoms with Gasteiger partial charge in [0.25, 0.3) is 0 Å². The highest BCUT2D eigenvalue weighted by Gasteiger charge is 2.30. The van der Waals surface area contributed by atoms with Crippen molar-refractivity contribution in [2.75, 3.05) is 0 Å². The van der Waals surface area contributed by atoms with E-state index in [1.54, 1.807) is 4.57 Å². The van der Waals surface area contributed by atoms with Crippen LogP contribution in [0.15, 0.2) is 58.8 Å². The lowest BCUT2D eigenvalue weighted by atomic mass is 10.3. The number of carbonyl (C=O) groups excluding carboxylic acids is 1. The molecule has 0 fully saturated rings. The number of hydrogen-bond acceptors (Lipinski definition) is 5. The van der Waals surface area contributed by atoms with Crippen LogP contribution in [0, 0.1) is 0 Å². The lowest BCUT2D eigenvalue weighted by Gasteiger charge is -2.10. The molecule has 10 heteroatoms. The lowest BCUT2D eigenvalue weighted by molar-refractivity contribution is -0.137. The standard InChI is InChI=1S/C17H14F3N5OS/c1-11(26)21-10-14-23-24-16(25(14)13-5-3-2-4-6-13)27-15-8-7-12(9-22-15)17(18,19)20/h2-9H,10H2,1H3,(H,21,26). The van der Waals surface area contributed by atoms with Crippen molar-refractivity contribution in [2.24, 2.45) is 0 Å². The third-order valence-corrected chi connectivity index (χ3v) is 4.37. The summed E-state index contributed by atoms with van der Waals surface area (Å²) in [5, 5.41) is 11.6. The molecule has 2 aromatic heterocycles. The van der Waals surface area contributed by atoms with Gasteiger partial charge in [0, 0.05) is 18.8 Å². The van der Waals surface area contributed by atoms with Crippen molar-refractivity contribution in [1.82, 2.24) is 25.1 Å². The first kappa shape index (κ1) is 18.9. The highest BCUT2D eigenvalue weighted by molar-refractivity contribution is 7.99. The van der Waals surface area contributed by atoms with Gasteiger partial charge < -0.3 is 5.32 Å². The first-order valence-corrected chi connectivity index (χ1v) is 8.61. The molecule has 27 heavy (non-hydrogen) atoms. The van der Waals surface area contributed by atoms with E-state index in [0.717, 1.165) is 29.7 Å². The van der Waals surface area contributed by atoms with Gasteiger partial charge in [-0.2, -0.15) is 13.2 Å². The summed E-state index contributed by atoms with van der Waals surface area (Å²) in [4.78, 5) is 15.1. The average Bonchev–Trinajstić information content (AvgIpc) is 3.03. The summed E-state index contributed by atoms with van der Waals surface area (Å²) in [7, 11) is 0.